The van der Waals surface area contributed by atoms with Gasteiger partial charge in [-0.2, -0.15) is 4.98 Å². The molecule has 6 nitrogen and oxygen atoms in total. The Balaban J connectivity index is 1.69. The minimum absolute atomic E-state index is 0.386. The van der Waals surface area contributed by atoms with Crippen LogP contribution in [0.4, 0.5) is 11.8 Å². The van der Waals surface area contributed by atoms with E-state index < -0.39 is 0 Å². The van der Waals surface area contributed by atoms with Crippen molar-refractivity contribution in [3.63, 3.8) is 0 Å². The van der Waals surface area contributed by atoms with Crippen molar-refractivity contribution in [3.8, 4) is 0 Å². The van der Waals surface area contributed by atoms with Crippen LogP contribution in [0.2, 0.25) is 0 Å². The van der Waals surface area contributed by atoms with Gasteiger partial charge in [-0.3, -0.25) is 4.90 Å². The molecule has 0 bridgehead atoms. The number of fused-ring (bicyclic) bond motifs is 1. The van der Waals surface area contributed by atoms with Crippen molar-refractivity contribution in [2.24, 2.45) is 0 Å². The molecule has 2 aliphatic heterocycles. The Morgan fingerprint density at radius 2 is 2.00 bits per heavy atom. The Labute approximate surface area is 127 Å². The molecule has 6 heteroatoms. The first-order chi connectivity index (χ1) is 10.1. The molecule has 1 aromatic heterocycles. The number of anilines is 2. The molecule has 116 valence electrons. The third kappa shape index (κ3) is 3.44. The summed E-state index contributed by atoms with van der Waals surface area (Å²) in [6.07, 6.45) is 1.85. The molecule has 0 unspecified atom stereocenters. The molecule has 0 amide bonds. The van der Waals surface area contributed by atoms with E-state index in [-0.39, 0.29) is 0 Å². The minimum atomic E-state index is 0.386. The summed E-state index contributed by atoms with van der Waals surface area (Å²) >= 11 is 0. The van der Waals surface area contributed by atoms with Crippen LogP contribution in [0.15, 0.2) is 12.3 Å². The van der Waals surface area contributed by atoms with Gasteiger partial charge in [0.25, 0.3) is 0 Å². The topological polar surface area (TPSA) is 47.5 Å². The van der Waals surface area contributed by atoms with Crippen LogP contribution in [0.25, 0.3) is 0 Å². The van der Waals surface area contributed by atoms with E-state index in [0.29, 0.717) is 12.1 Å². The van der Waals surface area contributed by atoms with Gasteiger partial charge in [0.1, 0.15) is 5.82 Å². The summed E-state index contributed by atoms with van der Waals surface area (Å²) < 4.78 is 0. The molecule has 0 spiro atoms. The van der Waals surface area contributed by atoms with Crippen molar-refractivity contribution in [2.45, 2.75) is 25.9 Å². The highest BCUT2D eigenvalue weighted by Crippen LogP contribution is 2.19. The molecule has 2 saturated heterocycles. The van der Waals surface area contributed by atoms with Gasteiger partial charge in [-0.1, -0.05) is 0 Å². The number of rotatable bonds is 3. The lowest BCUT2D eigenvalue weighted by atomic mass is 10.1. The van der Waals surface area contributed by atoms with E-state index in [1.165, 1.54) is 13.1 Å². The standard InChI is InChI=1S/C15H26N6/c1-12(2)17-14-4-5-16-15(18-14)21-9-8-20-7-6-19(3)10-13(20)11-21/h4-5,12-13H,6-11H2,1-3H3,(H,16,17,18)/t13-/m1/s1. The predicted molar refractivity (Wildman–Crippen MR) is 85.9 cm³/mol. The Kier molecular flexibility index (Phi) is 4.26. The van der Waals surface area contributed by atoms with Gasteiger partial charge in [0.05, 0.1) is 0 Å². The molecular weight excluding hydrogens is 264 g/mol. The number of nitrogens with one attached hydrogen (secondary N) is 1. The normalized spacial score (nSPS) is 24.2. The Morgan fingerprint density at radius 1 is 1.19 bits per heavy atom. The largest absolute Gasteiger partial charge is 0.368 e. The summed E-state index contributed by atoms with van der Waals surface area (Å²) in [7, 11) is 2.21. The zero-order valence-electron chi connectivity index (χ0n) is 13.3. The van der Waals surface area contributed by atoms with Gasteiger partial charge < -0.3 is 15.1 Å². The van der Waals surface area contributed by atoms with Crippen molar-refractivity contribution < 1.29 is 0 Å². The van der Waals surface area contributed by atoms with E-state index in [0.717, 1.165) is 37.9 Å². The van der Waals surface area contributed by atoms with Gasteiger partial charge in [0.15, 0.2) is 0 Å². The highest BCUT2D eigenvalue weighted by atomic mass is 15.4. The smallest absolute Gasteiger partial charge is 0.227 e. The molecule has 21 heavy (non-hydrogen) atoms. The van der Waals surface area contributed by atoms with Crippen LogP contribution in [-0.4, -0.2) is 78.2 Å². The van der Waals surface area contributed by atoms with Crippen LogP contribution in [0.5, 0.6) is 0 Å². The van der Waals surface area contributed by atoms with Crippen molar-refractivity contribution in [2.75, 3.05) is 56.5 Å². The number of likely N-dealkylation sites (N-methyl/N-ethyl adjacent to an activating group) is 1. The summed E-state index contributed by atoms with van der Waals surface area (Å²) in [5.41, 5.74) is 0. The second-order valence-electron chi connectivity index (χ2n) is 6.44. The third-order valence-corrected chi connectivity index (χ3v) is 4.26. The minimum Gasteiger partial charge on any atom is -0.368 e. The van der Waals surface area contributed by atoms with Gasteiger partial charge in [-0.05, 0) is 27.0 Å². The average molecular weight is 290 g/mol. The van der Waals surface area contributed by atoms with Crippen LogP contribution in [-0.2, 0) is 0 Å². The van der Waals surface area contributed by atoms with Crippen molar-refractivity contribution >= 4 is 11.8 Å². The number of nitrogens with zero attached hydrogens (tertiary/aromatic N) is 5. The van der Waals surface area contributed by atoms with Crippen LogP contribution >= 0.6 is 0 Å². The molecular formula is C15H26N6. The molecule has 0 aliphatic carbocycles. The highest BCUT2D eigenvalue weighted by Gasteiger charge is 2.31. The molecule has 0 aromatic carbocycles. The fourth-order valence-corrected chi connectivity index (χ4v) is 3.17. The second-order valence-corrected chi connectivity index (χ2v) is 6.44. The number of hydrogen-bond acceptors (Lipinski definition) is 6. The van der Waals surface area contributed by atoms with Gasteiger partial charge in [0, 0.05) is 57.5 Å². The summed E-state index contributed by atoms with van der Waals surface area (Å²) in [5, 5.41) is 3.35. The maximum absolute atomic E-state index is 4.66. The third-order valence-electron chi connectivity index (χ3n) is 4.26. The van der Waals surface area contributed by atoms with E-state index in [1.807, 2.05) is 12.3 Å². The van der Waals surface area contributed by atoms with Crippen molar-refractivity contribution in [3.05, 3.63) is 12.3 Å². The van der Waals surface area contributed by atoms with E-state index in [2.05, 4.69) is 50.9 Å². The molecule has 1 atom stereocenters. The number of piperazine rings is 2. The van der Waals surface area contributed by atoms with E-state index in [1.54, 1.807) is 0 Å². The number of hydrogen-bond donors (Lipinski definition) is 1. The van der Waals surface area contributed by atoms with E-state index in [9.17, 15) is 0 Å². The fourth-order valence-electron chi connectivity index (χ4n) is 3.17. The summed E-state index contributed by atoms with van der Waals surface area (Å²) in [5.74, 6) is 1.77. The number of aromatic nitrogens is 2. The zero-order chi connectivity index (χ0) is 14.8. The molecule has 3 rings (SSSR count). The van der Waals surface area contributed by atoms with Crippen molar-refractivity contribution in [1.82, 2.24) is 19.8 Å². The molecule has 3 heterocycles. The first-order valence-corrected chi connectivity index (χ1v) is 7.89. The van der Waals surface area contributed by atoms with Crippen LogP contribution in [0.1, 0.15) is 13.8 Å². The van der Waals surface area contributed by atoms with Crippen LogP contribution in [0, 0.1) is 0 Å². The molecule has 1 aromatic rings. The van der Waals surface area contributed by atoms with Crippen molar-refractivity contribution in [1.29, 1.82) is 0 Å². The lowest BCUT2D eigenvalue weighted by molar-refractivity contribution is 0.0802. The van der Waals surface area contributed by atoms with Gasteiger partial charge in [0.2, 0.25) is 5.95 Å². The maximum atomic E-state index is 4.66. The molecule has 2 aliphatic rings. The summed E-state index contributed by atoms with van der Waals surface area (Å²) in [6, 6.07) is 2.92. The SMILES string of the molecule is CC(C)Nc1ccnc(N2CCN3CCN(C)C[C@@H]3C2)n1. The average Bonchev–Trinajstić information content (AvgIpc) is 2.46. The van der Waals surface area contributed by atoms with Gasteiger partial charge >= 0.3 is 0 Å². The predicted octanol–water partition coefficient (Wildman–Crippen LogP) is 0.733. The summed E-state index contributed by atoms with van der Waals surface area (Å²) in [4.78, 5) is 16.5. The first-order valence-electron chi connectivity index (χ1n) is 7.89. The first kappa shape index (κ1) is 14.5. The second kappa shape index (κ2) is 6.15. The van der Waals surface area contributed by atoms with Crippen LogP contribution in [0.3, 0.4) is 0 Å². The lowest BCUT2D eigenvalue weighted by Crippen LogP contribution is -2.61. The van der Waals surface area contributed by atoms with Crippen LogP contribution < -0.4 is 10.2 Å². The van der Waals surface area contributed by atoms with E-state index >= 15 is 0 Å². The monoisotopic (exact) mass is 290 g/mol. The van der Waals surface area contributed by atoms with Gasteiger partial charge in [-0.25, -0.2) is 4.98 Å². The van der Waals surface area contributed by atoms with E-state index in [4.69, 9.17) is 0 Å². The molecule has 0 saturated carbocycles. The highest BCUT2D eigenvalue weighted by molar-refractivity contribution is 5.42. The fraction of sp³-hybridized carbons (Fsp3) is 0.733. The summed E-state index contributed by atoms with van der Waals surface area (Å²) in [6.45, 7) is 10.9. The molecule has 2 fully saturated rings. The molecule has 1 N–H and O–H groups in total. The zero-order valence-corrected chi connectivity index (χ0v) is 13.3. The van der Waals surface area contributed by atoms with Gasteiger partial charge in [-0.15, -0.1) is 0 Å². The lowest BCUT2D eigenvalue weighted by Gasteiger charge is -2.46. The Morgan fingerprint density at radius 3 is 2.81 bits per heavy atom. The molecule has 0 radical (unpaired) electrons. The quantitative estimate of drug-likeness (QED) is 0.886. The maximum Gasteiger partial charge on any atom is 0.227 e. The Hall–Kier alpha value is -1.40. The Bertz CT molecular complexity index is 477.